The van der Waals surface area contributed by atoms with Crippen molar-refractivity contribution in [1.82, 2.24) is 15.6 Å². The van der Waals surface area contributed by atoms with Crippen molar-refractivity contribution in [2.75, 3.05) is 19.7 Å². The summed E-state index contributed by atoms with van der Waals surface area (Å²) >= 11 is 0. The molecule has 6 heteroatoms. The topological polar surface area (TPSA) is 58.5 Å². The van der Waals surface area contributed by atoms with E-state index >= 15 is 0 Å². The number of nitrogens with zero attached hydrogens (tertiary/aromatic N) is 2. The van der Waals surface area contributed by atoms with Crippen LogP contribution in [0.2, 0.25) is 0 Å². The monoisotopic (exact) mass is 434 g/mol. The zero-order valence-corrected chi connectivity index (χ0v) is 17.1. The fraction of sp³-hybridized carbons (Fsp3) is 0.647. The lowest BCUT2D eigenvalue weighted by Gasteiger charge is -2.16. The van der Waals surface area contributed by atoms with Gasteiger partial charge in [-0.25, -0.2) is 9.98 Å². The first kappa shape index (κ1) is 21.9. The summed E-state index contributed by atoms with van der Waals surface area (Å²) in [5.41, 5.74) is 1.00. The van der Waals surface area contributed by atoms with Crippen molar-refractivity contribution in [1.29, 1.82) is 0 Å². The number of nitrogens with one attached hydrogen (secondary N) is 2. The Labute approximate surface area is 157 Å². The van der Waals surface area contributed by atoms with Crippen molar-refractivity contribution < 1.29 is 4.74 Å². The Balaban J connectivity index is 0.00000484. The van der Waals surface area contributed by atoms with Gasteiger partial charge in [0.1, 0.15) is 0 Å². The average molecular weight is 434 g/mol. The summed E-state index contributed by atoms with van der Waals surface area (Å²) in [6.45, 7) is 11.5. The van der Waals surface area contributed by atoms with Crippen LogP contribution in [0.15, 0.2) is 23.3 Å². The van der Waals surface area contributed by atoms with Crippen LogP contribution in [0.3, 0.4) is 0 Å². The van der Waals surface area contributed by atoms with Gasteiger partial charge in [0, 0.05) is 24.8 Å². The molecule has 0 aliphatic heterocycles. The summed E-state index contributed by atoms with van der Waals surface area (Å²) in [7, 11) is 0. The van der Waals surface area contributed by atoms with Gasteiger partial charge in [0.2, 0.25) is 5.88 Å². The SMILES string of the molecule is CCNC(=NCc1cccnc1OCC)NCC(CC)CC.I. The number of hydrogen-bond acceptors (Lipinski definition) is 3. The molecule has 0 unspecified atom stereocenters. The summed E-state index contributed by atoms with van der Waals surface area (Å²) in [6.07, 6.45) is 4.11. The Kier molecular flexibility index (Phi) is 12.8. The van der Waals surface area contributed by atoms with E-state index in [1.807, 2.05) is 19.1 Å². The van der Waals surface area contributed by atoms with Crippen molar-refractivity contribution in [2.24, 2.45) is 10.9 Å². The molecule has 1 aromatic rings. The Hall–Kier alpha value is -1.05. The molecule has 0 fully saturated rings. The largest absolute Gasteiger partial charge is 0.478 e. The van der Waals surface area contributed by atoms with Gasteiger partial charge in [-0.2, -0.15) is 0 Å². The Bertz CT molecular complexity index is 450. The van der Waals surface area contributed by atoms with Gasteiger partial charge < -0.3 is 15.4 Å². The van der Waals surface area contributed by atoms with E-state index in [1.165, 1.54) is 12.8 Å². The highest BCUT2D eigenvalue weighted by Crippen LogP contribution is 2.15. The van der Waals surface area contributed by atoms with Crippen molar-refractivity contribution in [2.45, 2.75) is 47.1 Å². The van der Waals surface area contributed by atoms with Gasteiger partial charge >= 0.3 is 0 Å². The van der Waals surface area contributed by atoms with Gasteiger partial charge in [0.15, 0.2) is 5.96 Å². The molecule has 0 amide bonds. The molecule has 0 aliphatic carbocycles. The van der Waals surface area contributed by atoms with Crippen LogP contribution in [-0.2, 0) is 6.54 Å². The summed E-state index contributed by atoms with van der Waals surface area (Å²) < 4.78 is 5.54. The molecule has 0 aromatic carbocycles. The van der Waals surface area contributed by atoms with Gasteiger partial charge in [-0.3, -0.25) is 0 Å². The summed E-state index contributed by atoms with van der Waals surface area (Å²) in [6, 6.07) is 3.92. The van der Waals surface area contributed by atoms with Crippen LogP contribution >= 0.6 is 24.0 Å². The molecule has 1 rings (SSSR count). The number of hydrogen-bond donors (Lipinski definition) is 2. The van der Waals surface area contributed by atoms with Gasteiger partial charge in [0.25, 0.3) is 0 Å². The molecule has 0 bridgehead atoms. The molecule has 1 aromatic heterocycles. The molecular weight excluding hydrogens is 403 g/mol. The van der Waals surface area contributed by atoms with E-state index in [-0.39, 0.29) is 24.0 Å². The van der Waals surface area contributed by atoms with Gasteiger partial charge in [-0.15, -0.1) is 24.0 Å². The highest BCUT2D eigenvalue weighted by atomic mass is 127. The number of aliphatic imine (C=N–C) groups is 1. The second-order valence-electron chi connectivity index (χ2n) is 5.16. The highest BCUT2D eigenvalue weighted by molar-refractivity contribution is 14.0. The second-order valence-corrected chi connectivity index (χ2v) is 5.16. The average Bonchev–Trinajstić information content (AvgIpc) is 2.55. The molecular formula is C17H31IN4O. The number of aromatic nitrogens is 1. The molecule has 23 heavy (non-hydrogen) atoms. The first-order valence-corrected chi connectivity index (χ1v) is 8.33. The molecule has 2 N–H and O–H groups in total. The van der Waals surface area contributed by atoms with Crippen molar-refractivity contribution in [3.63, 3.8) is 0 Å². The molecule has 0 radical (unpaired) electrons. The first-order valence-electron chi connectivity index (χ1n) is 8.33. The third kappa shape index (κ3) is 8.39. The number of rotatable bonds is 9. The van der Waals surface area contributed by atoms with E-state index in [1.54, 1.807) is 6.20 Å². The van der Waals surface area contributed by atoms with E-state index in [0.717, 1.165) is 24.6 Å². The maximum atomic E-state index is 5.54. The highest BCUT2D eigenvalue weighted by Gasteiger charge is 2.06. The second kappa shape index (κ2) is 13.4. The summed E-state index contributed by atoms with van der Waals surface area (Å²) in [5, 5.41) is 6.71. The summed E-state index contributed by atoms with van der Waals surface area (Å²) in [4.78, 5) is 8.90. The molecule has 0 aliphatic rings. The van der Waals surface area contributed by atoms with Crippen LogP contribution in [0.1, 0.15) is 46.1 Å². The van der Waals surface area contributed by atoms with Crippen LogP contribution in [0.25, 0.3) is 0 Å². The smallest absolute Gasteiger partial charge is 0.218 e. The van der Waals surface area contributed by atoms with E-state index in [9.17, 15) is 0 Å². The van der Waals surface area contributed by atoms with Crippen LogP contribution in [0, 0.1) is 5.92 Å². The van der Waals surface area contributed by atoms with E-state index in [0.29, 0.717) is 24.9 Å². The molecule has 0 saturated carbocycles. The quantitative estimate of drug-likeness (QED) is 0.354. The first-order chi connectivity index (χ1) is 10.7. The fourth-order valence-electron chi connectivity index (χ4n) is 2.14. The maximum absolute atomic E-state index is 5.54. The Morgan fingerprint density at radius 3 is 2.57 bits per heavy atom. The number of halogens is 1. The number of pyridine rings is 1. The van der Waals surface area contributed by atoms with Gasteiger partial charge in [0.05, 0.1) is 13.2 Å². The lowest BCUT2D eigenvalue weighted by Crippen LogP contribution is -2.39. The maximum Gasteiger partial charge on any atom is 0.218 e. The standard InChI is InChI=1S/C17H30N4O.HI/c1-5-14(6-2)12-20-17(18-7-3)21-13-15-10-9-11-19-16(15)22-8-4;/h9-11,14H,5-8,12-13H2,1-4H3,(H2,18,20,21);1H. The van der Waals surface area contributed by atoms with Crippen LogP contribution < -0.4 is 15.4 Å². The third-order valence-corrected chi connectivity index (χ3v) is 3.60. The minimum Gasteiger partial charge on any atom is -0.478 e. The van der Waals surface area contributed by atoms with Crippen molar-refractivity contribution in [3.8, 4) is 5.88 Å². The normalized spacial score (nSPS) is 11.1. The molecule has 5 nitrogen and oxygen atoms in total. The van der Waals surface area contributed by atoms with Crippen LogP contribution in [0.4, 0.5) is 0 Å². The number of ether oxygens (including phenoxy) is 1. The molecule has 0 spiro atoms. The van der Waals surface area contributed by atoms with E-state index < -0.39 is 0 Å². The molecule has 132 valence electrons. The van der Waals surface area contributed by atoms with Crippen molar-refractivity contribution in [3.05, 3.63) is 23.9 Å². The minimum atomic E-state index is 0. The van der Waals surface area contributed by atoms with Gasteiger partial charge in [-0.1, -0.05) is 32.8 Å². The van der Waals surface area contributed by atoms with Crippen molar-refractivity contribution >= 4 is 29.9 Å². The third-order valence-electron chi connectivity index (χ3n) is 3.60. The zero-order valence-electron chi connectivity index (χ0n) is 14.8. The molecule has 0 saturated heterocycles. The van der Waals surface area contributed by atoms with E-state index in [4.69, 9.17) is 4.74 Å². The lowest BCUT2D eigenvalue weighted by molar-refractivity contribution is 0.323. The predicted molar refractivity (Wildman–Crippen MR) is 108 cm³/mol. The molecule has 1 heterocycles. The zero-order chi connectivity index (χ0) is 16.2. The van der Waals surface area contributed by atoms with Crippen LogP contribution in [-0.4, -0.2) is 30.6 Å². The van der Waals surface area contributed by atoms with Gasteiger partial charge in [-0.05, 0) is 25.8 Å². The van der Waals surface area contributed by atoms with Crippen LogP contribution in [0.5, 0.6) is 5.88 Å². The Morgan fingerprint density at radius 2 is 1.96 bits per heavy atom. The number of guanidine groups is 1. The molecule has 0 atom stereocenters. The fourth-order valence-corrected chi connectivity index (χ4v) is 2.14. The van der Waals surface area contributed by atoms with E-state index in [2.05, 4.69) is 41.4 Å². The predicted octanol–water partition coefficient (Wildman–Crippen LogP) is 3.59. The Morgan fingerprint density at radius 1 is 1.22 bits per heavy atom. The lowest BCUT2D eigenvalue weighted by atomic mass is 10.0. The minimum absolute atomic E-state index is 0. The summed E-state index contributed by atoms with van der Waals surface area (Å²) in [5.74, 6) is 2.20.